The zero-order valence-corrected chi connectivity index (χ0v) is 35.2. The summed E-state index contributed by atoms with van der Waals surface area (Å²) >= 11 is 0. The minimum absolute atomic E-state index is 0. The lowest BCUT2D eigenvalue weighted by Crippen LogP contribution is -3.00. The van der Waals surface area contributed by atoms with Gasteiger partial charge in [-0.3, -0.25) is 0 Å². The van der Waals surface area contributed by atoms with E-state index in [9.17, 15) is 0 Å². The molecule has 47 heavy (non-hydrogen) atoms. The maximum absolute atomic E-state index is 2.45. The van der Waals surface area contributed by atoms with Crippen LogP contribution in [-0.4, -0.2) is 31.7 Å². The SMILES string of the molecule is CCCCCCCCCCCC[N+](C)(C)CCCCCCCCCCCC.CCCCCCCCCCCC[n+]1ccccc1.[Br-].[Cl-]. The molecule has 0 N–H and O–H groups in total. The number of hydrogen-bond acceptors (Lipinski definition) is 0. The molecule has 0 fully saturated rings. The highest BCUT2D eigenvalue weighted by Gasteiger charge is 2.13. The van der Waals surface area contributed by atoms with Crippen LogP contribution >= 0.6 is 0 Å². The van der Waals surface area contributed by atoms with Crippen molar-refractivity contribution in [3.05, 3.63) is 30.6 Å². The Morgan fingerprint density at radius 3 is 0.915 bits per heavy atom. The van der Waals surface area contributed by atoms with Crippen LogP contribution in [0.5, 0.6) is 0 Å². The van der Waals surface area contributed by atoms with Crippen LogP contribution in [-0.2, 0) is 6.54 Å². The Morgan fingerprint density at radius 2 is 0.617 bits per heavy atom. The maximum atomic E-state index is 2.45. The summed E-state index contributed by atoms with van der Waals surface area (Å²) in [4.78, 5) is 0. The number of aryl methyl sites for hydroxylation is 1. The molecule has 0 aliphatic rings. The van der Waals surface area contributed by atoms with Gasteiger partial charge >= 0.3 is 0 Å². The summed E-state index contributed by atoms with van der Waals surface area (Å²) < 4.78 is 3.53. The molecule has 1 rings (SSSR count). The summed E-state index contributed by atoms with van der Waals surface area (Å²) in [6.07, 6.45) is 47.5. The molecular weight excluding hydrogens is 660 g/mol. The van der Waals surface area contributed by atoms with E-state index in [0.717, 1.165) is 0 Å². The summed E-state index contributed by atoms with van der Waals surface area (Å²) in [5, 5.41) is 0. The van der Waals surface area contributed by atoms with E-state index >= 15 is 0 Å². The third kappa shape index (κ3) is 42.0. The van der Waals surface area contributed by atoms with Crippen molar-refractivity contribution in [2.45, 2.75) is 220 Å². The van der Waals surface area contributed by atoms with Crippen LogP contribution in [0.2, 0.25) is 0 Å². The fourth-order valence-corrected chi connectivity index (χ4v) is 6.53. The Labute approximate surface area is 314 Å². The molecule has 0 spiro atoms. The molecule has 0 radical (unpaired) electrons. The van der Waals surface area contributed by atoms with E-state index in [-0.39, 0.29) is 29.4 Å². The lowest BCUT2D eigenvalue weighted by atomic mass is 10.1. The lowest BCUT2D eigenvalue weighted by Gasteiger charge is -2.30. The van der Waals surface area contributed by atoms with Crippen LogP contribution in [0.4, 0.5) is 0 Å². The van der Waals surface area contributed by atoms with Crippen LogP contribution in [0.25, 0.3) is 0 Å². The van der Waals surface area contributed by atoms with Gasteiger partial charge in [-0.15, -0.1) is 0 Å². The number of quaternary nitrogens is 1. The van der Waals surface area contributed by atoms with E-state index in [1.807, 2.05) is 0 Å². The normalized spacial score (nSPS) is 11.0. The quantitative estimate of drug-likeness (QED) is 0.0393. The smallest absolute Gasteiger partial charge is 0.168 e. The zero-order valence-electron chi connectivity index (χ0n) is 32.9. The van der Waals surface area contributed by atoms with Crippen molar-refractivity contribution in [3.8, 4) is 0 Å². The van der Waals surface area contributed by atoms with Gasteiger partial charge in [-0.05, 0) is 32.1 Å². The average molecular weight is 747 g/mol. The van der Waals surface area contributed by atoms with Crippen LogP contribution in [0.15, 0.2) is 30.6 Å². The van der Waals surface area contributed by atoms with Crippen LogP contribution < -0.4 is 34.0 Å². The molecule has 1 aromatic rings. The topological polar surface area (TPSA) is 3.88 Å². The van der Waals surface area contributed by atoms with E-state index < -0.39 is 0 Å². The van der Waals surface area contributed by atoms with Crippen molar-refractivity contribution in [1.82, 2.24) is 0 Å². The summed E-state index contributed by atoms with van der Waals surface area (Å²) in [6, 6.07) is 6.29. The second-order valence-corrected chi connectivity index (χ2v) is 15.0. The molecule has 0 amide bonds. The van der Waals surface area contributed by atoms with E-state index in [0.29, 0.717) is 0 Å². The van der Waals surface area contributed by atoms with E-state index in [1.54, 1.807) is 0 Å². The fourth-order valence-electron chi connectivity index (χ4n) is 6.53. The Balaban J connectivity index is -0.000000845. The van der Waals surface area contributed by atoms with Gasteiger partial charge in [0.1, 0.15) is 6.54 Å². The number of halogens is 2. The van der Waals surface area contributed by atoms with Gasteiger partial charge in [0, 0.05) is 18.6 Å². The predicted octanol–water partition coefficient (Wildman–Crippen LogP) is 7.81. The predicted molar refractivity (Wildman–Crippen MR) is 204 cm³/mol. The molecule has 0 unspecified atom stereocenters. The van der Waals surface area contributed by atoms with Crippen LogP contribution in [0, 0.1) is 0 Å². The van der Waals surface area contributed by atoms with Crippen molar-refractivity contribution < 1.29 is 38.4 Å². The summed E-state index contributed by atoms with van der Waals surface area (Å²) in [5.41, 5.74) is 0. The first-order valence-electron chi connectivity index (χ1n) is 20.8. The molecule has 4 heteroatoms. The Morgan fingerprint density at radius 1 is 0.362 bits per heavy atom. The maximum Gasteiger partial charge on any atom is 0.168 e. The molecule has 0 saturated carbocycles. The highest BCUT2D eigenvalue weighted by Crippen LogP contribution is 2.14. The second-order valence-electron chi connectivity index (χ2n) is 15.0. The molecule has 1 aromatic heterocycles. The first-order chi connectivity index (χ1) is 22.1. The molecule has 0 bridgehead atoms. The average Bonchev–Trinajstić information content (AvgIpc) is 3.04. The Hall–Kier alpha value is -0.120. The number of unbranched alkanes of at least 4 members (excludes halogenated alkanes) is 27. The van der Waals surface area contributed by atoms with Gasteiger partial charge in [-0.25, -0.2) is 4.57 Å². The van der Waals surface area contributed by atoms with Crippen molar-refractivity contribution >= 4 is 0 Å². The lowest BCUT2D eigenvalue weighted by molar-refractivity contribution is -0.890. The molecular formula is C43H86BrClN2. The van der Waals surface area contributed by atoms with E-state index in [4.69, 9.17) is 0 Å². The Bertz CT molecular complexity index is 643. The van der Waals surface area contributed by atoms with Crippen molar-refractivity contribution in [2.75, 3.05) is 27.2 Å². The van der Waals surface area contributed by atoms with Gasteiger partial charge in [0.15, 0.2) is 12.4 Å². The molecule has 0 atom stereocenters. The minimum atomic E-state index is 0. The summed E-state index contributed by atoms with van der Waals surface area (Å²) in [7, 11) is 4.89. The van der Waals surface area contributed by atoms with Crippen LogP contribution in [0.3, 0.4) is 0 Å². The number of nitrogens with zero attached hydrogens (tertiary/aromatic N) is 2. The Kier molecular flexibility index (Phi) is 45.9. The molecule has 0 saturated heterocycles. The largest absolute Gasteiger partial charge is 1.00 e. The van der Waals surface area contributed by atoms with Gasteiger partial charge in [0.2, 0.25) is 0 Å². The molecule has 282 valence electrons. The molecule has 0 aliphatic carbocycles. The molecule has 2 nitrogen and oxygen atoms in total. The molecule has 1 heterocycles. The van der Waals surface area contributed by atoms with Crippen molar-refractivity contribution in [3.63, 3.8) is 0 Å². The summed E-state index contributed by atoms with van der Waals surface area (Å²) in [6.45, 7) is 10.8. The van der Waals surface area contributed by atoms with Crippen molar-refractivity contribution in [2.24, 2.45) is 0 Å². The number of rotatable bonds is 33. The molecule has 0 aliphatic heterocycles. The molecule has 0 aromatic carbocycles. The third-order valence-corrected chi connectivity index (χ3v) is 9.78. The number of pyridine rings is 1. The van der Waals surface area contributed by atoms with Crippen molar-refractivity contribution in [1.29, 1.82) is 0 Å². The van der Waals surface area contributed by atoms with E-state index in [1.165, 1.54) is 217 Å². The first kappa shape index (κ1) is 51.3. The van der Waals surface area contributed by atoms with Gasteiger partial charge < -0.3 is 33.9 Å². The number of hydrogen-bond donors (Lipinski definition) is 0. The zero-order chi connectivity index (χ0) is 32.9. The second kappa shape index (κ2) is 42.0. The van der Waals surface area contributed by atoms with E-state index in [2.05, 4.69) is 70.0 Å². The highest BCUT2D eigenvalue weighted by atomic mass is 79.9. The standard InChI is InChI=1S/C26H56N.C17H30N.BrH.ClH/c1-5-7-9-11-13-15-17-19-21-23-25-27(3,4)26-24-22-20-18-16-14-12-10-8-6-2;1-2-3-4-5-6-7-8-9-10-12-15-18-16-13-11-14-17-18;;/h5-26H2,1-4H3;11,13-14,16-17H,2-10,12,15H2,1H3;2*1H/q2*+1;;/p-2. The third-order valence-electron chi connectivity index (χ3n) is 9.78. The monoisotopic (exact) mass is 745 g/mol. The number of aromatic nitrogens is 1. The van der Waals surface area contributed by atoms with Gasteiger partial charge in [0.05, 0.1) is 27.2 Å². The van der Waals surface area contributed by atoms with Crippen LogP contribution in [0.1, 0.15) is 213 Å². The fraction of sp³-hybridized carbons (Fsp3) is 0.884. The van der Waals surface area contributed by atoms with Gasteiger partial charge in [0.25, 0.3) is 0 Å². The van der Waals surface area contributed by atoms with Gasteiger partial charge in [-0.1, -0.05) is 181 Å². The highest BCUT2D eigenvalue weighted by molar-refractivity contribution is 4.83. The van der Waals surface area contributed by atoms with Gasteiger partial charge in [-0.2, -0.15) is 0 Å². The first-order valence-corrected chi connectivity index (χ1v) is 20.8. The minimum Gasteiger partial charge on any atom is -1.00 e. The summed E-state index contributed by atoms with van der Waals surface area (Å²) in [5.74, 6) is 0.